The van der Waals surface area contributed by atoms with E-state index in [4.69, 9.17) is 0 Å². The molecule has 2 atom stereocenters. The first kappa shape index (κ1) is 12.7. The van der Waals surface area contributed by atoms with Crippen LogP contribution in [-0.2, 0) is 11.2 Å². The second-order valence-electron chi connectivity index (χ2n) is 5.69. The zero-order valence-electron chi connectivity index (χ0n) is 11.3. The van der Waals surface area contributed by atoms with Gasteiger partial charge in [-0.2, -0.15) is 0 Å². The summed E-state index contributed by atoms with van der Waals surface area (Å²) in [5, 5.41) is 6.63. The third kappa shape index (κ3) is 2.98. The maximum absolute atomic E-state index is 12.0. The van der Waals surface area contributed by atoms with Crippen LogP contribution in [-0.4, -0.2) is 18.5 Å². The van der Waals surface area contributed by atoms with E-state index in [1.165, 1.54) is 24.0 Å². The summed E-state index contributed by atoms with van der Waals surface area (Å²) in [7, 11) is 0. The van der Waals surface area contributed by atoms with Crippen LogP contribution in [0.1, 0.15) is 49.3 Å². The number of rotatable bonds is 4. The van der Waals surface area contributed by atoms with E-state index in [0.29, 0.717) is 12.5 Å². The lowest BCUT2D eigenvalue weighted by Crippen LogP contribution is -2.29. The van der Waals surface area contributed by atoms with E-state index in [1.807, 2.05) is 0 Å². The van der Waals surface area contributed by atoms with Crippen LogP contribution in [0.3, 0.4) is 0 Å². The number of benzene rings is 1. The summed E-state index contributed by atoms with van der Waals surface area (Å²) in [5.74, 6) is 0.204. The minimum atomic E-state index is 0.204. The maximum atomic E-state index is 12.0. The number of carbonyl (C=O) groups excluding carboxylic acids is 1. The van der Waals surface area contributed by atoms with Crippen molar-refractivity contribution in [2.24, 2.45) is 0 Å². The summed E-state index contributed by atoms with van der Waals surface area (Å²) >= 11 is 0. The van der Waals surface area contributed by atoms with Gasteiger partial charge in [-0.15, -0.1) is 0 Å². The molecule has 3 rings (SSSR count). The summed E-state index contributed by atoms with van der Waals surface area (Å²) < 4.78 is 0. The summed E-state index contributed by atoms with van der Waals surface area (Å²) in [4.78, 5) is 12.0. The first-order valence-corrected chi connectivity index (χ1v) is 7.43. The van der Waals surface area contributed by atoms with Crippen LogP contribution in [0.15, 0.2) is 24.3 Å². The van der Waals surface area contributed by atoms with Crippen molar-refractivity contribution in [1.82, 2.24) is 10.6 Å². The van der Waals surface area contributed by atoms with Gasteiger partial charge in [0.1, 0.15) is 0 Å². The molecule has 1 amide bonds. The van der Waals surface area contributed by atoms with Gasteiger partial charge in [0.25, 0.3) is 0 Å². The average Bonchev–Trinajstić information content (AvgIpc) is 3.07. The highest BCUT2D eigenvalue weighted by atomic mass is 16.1. The van der Waals surface area contributed by atoms with Gasteiger partial charge >= 0.3 is 0 Å². The Morgan fingerprint density at radius 1 is 1.32 bits per heavy atom. The van der Waals surface area contributed by atoms with E-state index in [0.717, 1.165) is 25.8 Å². The van der Waals surface area contributed by atoms with Gasteiger partial charge in [0, 0.05) is 12.5 Å². The van der Waals surface area contributed by atoms with Crippen molar-refractivity contribution in [1.29, 1.82) is 0 Å². The second-order valence-corrected chi connectivity index (χ2v) is 5.69. The molecule has 0 saturated carbocycles. The van der Waals surface area contributed by atoms with Gasteiger partial charge < -0.3 is 10.6 Å². The highest BCUT2D eigenvalue weighted by Gasteiger charge is 2.23. The molecule has 0 radical (unpaired) electrons. The second kappa shape index (κ2) is 5.74. The summed E-state index contributed by atoms with van der Waals surface area (Å²) in [6.07, 6.45) is 6.23. The normalized spacial score (nSPS) is 25.3. The Morgan fingerprint density at radius 3 is 3.05 bits per heavy atom. The Kier molecular flexibility index (Phi) is 3.83. The molecule has 1 aliphatic carbocycles. The van der Waals surface area contributed by atoms with Crippen molar-refractivity contribution >= 4 is 5.91 Å². The van der Waals surface area contributed by atoms with Crippen LogP contribution in [0.5, 0.6) is 0 Å². The average molecular weight is 258 g/mol. The highest BCUT2D eigenvalue weighted by Crippen LogP contribution is 2.30. The monoisotopic (exact) mass is 258 g/mol. The van der Waals surface area contributed by atoms with E-state index >= 15 is 0 Å². The number of hydrogen-bond donors (Lipinski definition) is 2. The Hall–Kier alpha value is -1.35. The van der Waals surface area contributed by atoms with Gasteiger partial charge in [-0.1, -0.05) is 24.3 Å². The molecule has 2 aliphatic rings. The fourth-order valence-electron chi connectivity index (χ4n) is 3.28. The fourth-order valence-corrected chi connectivity index (χ4v) is 3.28. The van der Waals surface area contributed by atoms with E-state index < -0.39 is 0 Å². The molecule has 3 heteroatoms. The van der Waals surface area contributed by atoms with E-state index in [-0.39, 0.29) is 11.9 Å². The minimum Gasteiger partial charge on any atom is -0.349 e. The van der Waals surface area contributed by atoms with Crippen LogP contribution >= 0.6 is 0 Å². The van der Waals surface area contributed by atoms with Gasteiger partial charge in [-0.25, -0.2) is 0 Å². The molecular weight excluding hydrogens is 236 g/mol. The number of amides is 1. The van der Waals surface area contributed by atoms with Crippen molar-refractivity contribution in [2.45, 2.75) is 50.6 Å². The molecule has 1 aromatic rings. The molecule has 102 valence electrons. The van der Waals surface area contributed by atoms with Crippen LogP contribution in [0.2, 0.25) is 0 Å². The molecule has 1 aromatic carbocycles. The molecule has 19 heavy (non-hydrogen) atoms. The van der Waals surface area contributed by atoms with Crippen molar-refractivity contribution < 1.29 is 4.79 Å². The van der Waals surface area contributed by atoms with E-state index in [2.05, 4.69) is 34.9 Å². The largest absolute Gasteiger partial charge is 0.349 e. The van der Waals surface area contributed by atoms with Crippen molar-refractivity contribution in [3.8, 4) is 0 Å². The minimum absolute atomic E-state index is 0.204. The highest BCUT2D eigenvalue weighted by molar-refractivity contribution is 5.76. The Bertz CT molecular complexity index is 452. The predicted molar refractivity (Wildman–Crippen MR) is 75.9 cm³/mol. The first-order chi connectivity index (χ1) is 9.33. The lowest BCUT2D eigenvalue weighted by atomic mass is 10.1. The summed E-state index contributed by atoms with van der Waals surface area (Å²) in [6.45, 7) is 1.11. The van der Waals surface area contributed by atoms with E-state index in [9.17, 15) is 4.79 Å². The Labute approximate surface area is 114 Å². The zero-order valence-corrected chi connectivity index (χ0v) is 11.3. The number of carbonyl (C=O) groups is 1. The van der Waals surface area contributed by atoms with Gasteiger partial charge in [0.05, 0.1) is 6.04 Å². The van der Waals surface area contributed by atoms with Crippen molar-refractivity contribution in [3.05, 3.63) is 35.4 Å². The molecule has 0 aromatic heterocycles. The quantitative estimate of drug-likeness (QED) is 0.870. The summed E-state index contributed by atoms with van der Waals surface area (Å²) in [5.41, 5.74) is 2.71. The number of nitrogens with one attached hydrogen (secondary N) is 2. The third-order valence-electron chi connectivity index (χ3n) is 4.35. The van der Waals surface area contributed by atoms with Crippen LogP contribution < -0.4 is 10.6 Å². The summed E-state index contributed by atoms with van der Waals surface area (Å²) in [6, 6.07) is 9.25. The topological polar surface area (TPSA) is 41.1 Å². The molecule has 3 nitrogen and oxygen atoms in total. The molecule has 2 N–H and O–H groups in total. The Balaban J connectivity index is 1.50. The molecular formula is C16H22N2O. The molecule has 1 saturated heterocycles. The number of aryl methyl sites for hydroxylation is 1. The Morgan fingerprint density at radius 2 is 2.21 bits per heavy atom. The van der Waals surface area contributed by atoms with Crippen LogP contribution in [0.4, 0.5) is 0 Å². The molecule has 1 aliphatic heterocycles. The molecule has 2 unspecified atom stereocenters. The lowest BCUT2D eigenvalue weighted by molar-refractivity contribution is -0.122. The molecule has 1 fully saturated rings. The number of hydrogen-bond acceptors (Lipinski definition) is 2. The zero-order chi connectivity index (χ0) is 13.1. The van der Waals surface area contributed by atoms with Gasteiger partial charge in [-0.05, 0) is 49.8 Å². The van der Waals surface area contributed by atoms with Gasteiger partial charge in [0.15, 0.2) is 0 Å². The van der Waals surface area contributed by atoms with Crippen molar-refractivity contribution in [2.75, 3.05) is 6.54 Å². The van der Waals surface area contributed by atoms with Gasteiger partial charge in [0.2, 0.25) is 5.91 Å². The first-order valence-electron chi connectivity index (χ1n) is 7.43. The van der Waals surface area contributed by atoms with E-state index in [1.54, 1.807) is 0 Å². The maximum Gasteiger partial charge on any atom is 0.220 e. The third-order valence-corrected chi connectivity index (χ3v) is 4.35. The lowest BCUT2D eigenvalue weighted by Gasteiger charge is -2.15. The molecule has 1 heterocycles. The predicted octanol–water partition coefficient (Wildman–Crippen LogP) is 2.32. The van der Waals surface area contributed by atoms with Crippen LogP contribution in [0.25, 0.3) is 0 Å². The smallest absolute Gasteiger partial charge is 0.220 e. The number of fused-ring (bicyclic) bond motifs is 1. The van der Waals surface area contributed by atoms with Crippen LogP contribution in [0, 0.1) is 0 Å². The van der Waals surface area contributed by atoms with Gasteiger partial charge in [-0.3, -0.25) is 4.79 Å². The molecule has 0 spiro atoms. The molecule has 0 bridgehead atoms. The SMILES string of the molecule is O=C(CCC1CCCN1)NC1CCc2ccccc21. The fraction of sp³-hybridized carbons (Fsp3) is 0.562. The van der Waals surface area contributed by atoms with Crippen molar-refractivity contribution in [3.63, 3.8) is 0 Å². The standard InChI is InChI=1S/C16H22N2O/c19-16(10-8-13-5-3-11-17-13)18-15-9-7-12-4-1-2-6-14(12)15/h1-2,4,6,13,15,17H,3,5,7-11H2,(H,18,19).